The molecule has 0 aliphatic heterocycles. The summed E-state index contributed by atoms with van der Waals surface area (Å²) in [6.45, 7) is 2.11. The molecule has 0 radical (unpaired) electrons. The van der Waals surface area contributed by atoms with E-state index in [0.29, 0.717) is 10.7 Å². The highest BCUT2D eigenvalue weighted by molar-refractivity contribution is 7.99. The molecule has 4 nitrogen and oxygen atoms in total. The molecule has 2 aromatic rings. The Morgan fingerprint density at radius 1 is 1.53 bits per heavy atom. The van der Waals surface area contributed by atoms with Crippen LogP contribution in [0.1, 0.15) is 30.3 Å². The van der Waals surface area contributed by atoms with E-state index in [4.69, 9.17) is 0 Å². The van der Waals surface area contributed by atoms with E-state index < -0.39 is 5.97 Å². The van der Waals surface area contributed by atoms with Crippen molar-refractivity contribution in [2.45, 2.75) is 24.8 Å². The summed E-state index contributed by atoms with van der Waals surface area (Å²) in [5.41, 5.74) is 0.950. The first-order valence-electron chi connectivity index (χ1n) is 5.57. The number of unbranched alkanes of at least 4 members (excludes halogenated alkanes) is 1. The smallest absolute Gasteiger partial charge is 0.355 e. The van der Waals surface area contributed by atoms with Crippen LogP contribution in [0, 0.1) is 0 Å². The maximum Gasteiger partial charge on any atom is 0.355 e. The molecule has 0 bridgehead atoms. The van der Waals surface area contributed by atoms with Crippen molar-refractivity contribution in [1.82, 2.24) is 9.38 Å². The molecular formula is C12H14N2O2S. The number of thioether (sulfide) groups is 1. The van der Waals surface area contributed by atoms with Crippen LogP contribution in [0.15, 0.2) is 29.4 Å². The summed E-state index contributed by atoms with van der Waals surface area (Å²) in [5, 5.41) is 9.84. The second-order valence-electron chi connectivity index (χ2n) is 3.70. The summed E-state index contributed by atoms with van der Waals surface area (Å²) >= 11 is 1.51. The summed E-state index contributed by atoms with van der Waals surface area (Å²) in [5.74, 6) is -0.0246. The molecule has 0 amide bonds. The number of pyridine rings is 1. The number of hydrogen-bond acceptors (Lipinski definition) is 3. The van der Waals surface area contributed by atoms with Crippen molar-refractivity contribution in [3.05, 3.63) is 30.1 Å². The fourth-order valence-electron chi connectivity index (χ4n) is 1.58. The molecule has 90 valence electrons. The minimum absolute atomic E-state index is 0.265. The Kier molecular flexibility index (Phi) is 3.68. The number of aromatic carboxylic acids is 1. The van der Waals surface area contributed by atoms with Gasteiger partial charge < -0.3 is 5.11 Å². The zero-order valence-electron chi connectivity index (χ0n) is 9.59. The van der Waals surface area contributed by atoms with Gasteiger partial charge in [0.05, 0.1) is 0 Å². The van der Waals surface area contributed by atoms with E-state index >= 15 is 0 Å². The van der Waals surface area contributed by atoms with E-state index in [2.05, 4.69) is 11.9 Å². The van der Waals surface area contributed by atoms with Gasteiger partial charge in [-0.1, -0.05) is 19.4 Å². The number of carboxylic acid groups (broad SMARTS) is 1. The molecule has 0 atom stereocenters. The Hall–Kier alpha value is -1.49. The fraction of sp³-hybridized carbons (Fsp3) is 0.333. The molecule has 2 rings (SSSR count). The largest absolute Gasteiger partial charge is 0.476 e. The maximum atomic E-state index is 11.3. The van der Waals surface area contributed by atoms with Crippen molar-refractivity contribution in [2.24, 2.45) is 0 Å². The van der Waals surface area contributed by atoms with Crippen LogP contribution >= 0.6 is 11.8 Å². The van der Waals surface area contributed by atoms with Crippen LogP contribution < -0.4 is 0 Å². The van der Waals surface area contributed by atoms with Gasteiger partial charge in [0.2, 0.25) is 0 Å². The first kappa shape index (κ1) is 12.0. The summed E-state index contributed by atoms with van der Waals surface area (Å²) < 4.78 is 1.62. The van der Waals surface area contributed by atoms with E-state index in [1.54, 1.807) is 10.6 Å². The highest BCUT2D eigenvalue weighted by atomic mass is 32.2. The monoisotopic (exact) mass is 250 g/mol. The lowest BCUT2D eigenvalue weighted by molar-refractivity contribution is 0.0685. The SMILES string of the molecule is CCCCSc1nc2ccccn2c1C(=O)O. The predicted octanol–water partition coefficient (Wildman–Crippen LogP) is 2.92. The van der Waals surface area contributed by atoms with Crippen LogP contribution in [-0.4, -0.2) is 26.2 Å². The Labute approximate surface area is 104 Å². The lowest BCUT2D eigenvalue weighted by atomic mass is 10.4. The van der Waals surface area contributed by atoms with E-state index in [9.17, 15) is 9.90 Å². The molecule has 1 N–H and O–H groups in total. The normalized spacial score (nSPS) is 10.9. The average Bonchev–Trinajstić information content (AvgIpc) is 2.67. The highest BCUT2D eigenvalue weighted by Crippen LogP contribution is 2.24. The minimum Gasteiger partial charge on any atom is -0.476 e. The molecule has 0 aliphatic carbocycles. The number of nitrogens with zero attached hydrogens (tertiary/aromatic N) is 2. The molecule has 0 spiro atoms. The Morgan fingerprint density at radius 2 is 2.35 bits per heavy atom. The number of carbonyl (C=O) groups is 1. The zero-order valence-corrected chi connectivity index (χ0v) is 10.4. The van der Waals surface area contributed by atoms with Gasteiger partial charge in [-0.25, -0.2) is 9.78 Å². The summed E-state index contributed by atoms with van der Waals surface area (Å²) in [6, 6.07) is 5.48. The van der Waals surface area contributed by atoms with Gasteiger partial charge in [0, 0.05) is 6.20 Å². The van der Waals surface area contributed by atoms with Gasteiger partial charge in [-0.2, -0.15) is 0 Å². The van der Waals surface area contributed by atoms with Gasteiger partial charge >= 0.3 is 5.97 Å². The first-order chi connectivity index (χ1) is 8.24. The average molecular weight is 250 g/mol. The maximum absolute atomic E-state index is 11.3. The van der Waals surface area contributed by atoms with Crippen molar-refractivity contribution >= 4 is 23.4 Å². The lowest BCUT2D eigenvalue weighted by Crippen LogP contribution is -2.03. The van der Waals surface area contributed by atoms with Crippen molar-refractivity contribution in [1.29, 1.82) is 0 Å². The Balaban J connectivity index is 2.39. The van der Waals surface area contributed by atoms with Gasteiger partial charge in [0.15, 0.2) is 5.69 Å². The first-order valence-corrected chi connectivity index (χ1v) is 6.55. The van der Waals surface area contributed by atoms with E-state index in [1.165, 1.54) is 11.8 Å². The third-order valence-electron chi connectivity index (χ3n) is 2.44. The number of imidazole rings is 1. The molecule has 17 heavy (non-hydrogen) atoms. The number of hydrogen-bond donors (Lipinski definition) is 1. The van der Waals surface area contributed by atoms with Crippen molar-refractivity contribution in [2.75, 3.05) is 5.75 Å². The van der Waals surface area contributed by atoms with Gasteiger partial charge in [-0.3, -0.25) is 4.40 Å². The quantitative estimate of drug-likeness (QED) is 0.655. The Morgan fingerprint density at radius 3 is 3.06 bits per heavy atom. The third kappa shape index (κ3) is 2.44. The molecule has 0 aliphatic rings. The highest BCUT2D eigenvalue weighted by Gasteiger charge is 2.18. The molecule has 0 unspecified atom stereocenters. The molecule has 5 heteroatoms. The number of carboxylic acids is 1. The summed E-state index contributed by atoms with van der Waals surface area (Å²) in [6.07, 6.45) is 3.90. The topological polar surface area (TPSA) is 54.6 Å². The molecule has 0 fully saturated rings. The van der Waals surface area contributed by atoms with Crippen LogP contribution in [0.4, 0.5) is 0 Å². The van der Waals surface area contributed by atoms with Crippen molar-refractivity contribution in [3.63, 3.8) is 0 Å². The number of rotatable bonds is 5. The van der Waals surface area contributed by atoms with Gasteiger partial charge in [-0.05, 0) is 24.3 Å². The zero-order chi connectivity index (χ0) is 12.3. The van der Waals surface area contributed by atoms with Gasteiger partial charge in [0.25, 0.3) is 0 Å². The Bertz CT molecular complexity index is 536. The summed E-state index contributed by atoms with van der Waals surface area (Å²) in [7, 11) is 0. The number of aromatic nitrogens is 2. The number of fused-ring (bicyclic) bond motifs is 1. The van der Waals surface area contributed by atoms with Crippen molar-refractivity contribution in [3.8, 4) is 0 Å². The minimum atomic E-state index is -0.928. The third-order valence-corrected chi connectivity index (χ3v) is 3.49. The standard InChI is InChI=1S/C12H14N2O2S/c1-2-3-8-17-11-10(12(15)16)14-7-5-4-6-9(14)13-11/h4-7H,2-3,8H2,1H3,(H,15,16). The van der Waals surface area contributed by atoms with Gasteiger partial charge in [0.1, 0.15) is 10.7 Å². The second-order valence-corrected chi connectivity index (χ2v) is 4.79. The van der Waals surface area contributed by atoms with E-state index in [-0.39, 0.29) is 5.69 Å². The molecule has 0 aromatic carbocycles. The molecule has 2 aromatic heterocycles. The molecule has 2 heterocycles. The van der Waals surface area contributed by atoms with Crippen LogP contribution in [0.3, 0.4) is 0 Å². The predicted molar refractivity (Wildman–Crippen MR) is 67.8 cm³/mol. The molecule has 0 saturated heterocycles. The van der Waals surface area contributed by atoms with E-state index in [0.717, 1.165) is 18.6 Å². The fourth-order valence-corrected chi connectivity index (χ4v) is 2.69. The van der Waals surface area contributed by atoms with Crippen LogP contribution in [0.25, 0.3) is 5.65 Å². The van der Waals surface area contributed by atoms with Crippen LogP contribution in [-0.2, 0) is 0 Å². The van der Waals surface area contributed by atoms with Gasteiger partial charge in [-0.15, -0.1) is 11.8 Å². The molecular weight excluding hydrogens is 236 g/mol. The lowest BCUT2D eigenvalue weighted by Gasteiger charge is -1.99. The second kappa shape index (κ2) is 5.23. The molecule has 0 saturated carbocycles. The summed E-state index contributed by atoms with van der Waals surface area (Å²) in [4.78, 5) is 15.6. The van der Waals surface area contributed by atoms with Crippen molar-refractivity contribution < 1.29 is 9.90 Å². The van der Waals surface area contributed by atoms with E-state index in [1.807, 2.05) is 18.2 Å². The van der Waals surface area contributed by atoms with Crippen LogP contribution in [0.2, 0.25) is 0 Å². The van der Waals surface area contributed by atoms with Crippen LogP contribution in [0.5, 0.6) is 0 Å².